The van der Waals surface area contributed by atoms with Crippen LogP contribution < -0.4 is 0 Å². The van der Waals surface area contributed by atoms with E-state index in [0.29, 0.717) is 0 Å². The lowest BCUT2D eigenvalue weighted by atomic mass is 10.5. The molecular weight excluding hydrogens is 98.1 g/mol. The van der Waals surface area contributed by atoms with Crippen LogP contribution in [-0.2, 0) is 0 Å². The van der Waals surface area contributed by atoms with Gasteiger partial charge in [0.05, 0.1) is 0 Å². The molecule has 42 valence electrons. The largest absolute Gasteiger partial charge is 0.364 e. The Kier molecular flexibility index (Phi) is 0.737. The summed E-state index contributed by atoms with van der Waals surface area (Å²) in [6.07, 6.45) is 6.94. The van der Waals surface area contributed by atoms with Gasteiger partial charge in [0.1, 0.15) is 0 Å². The van der Waals surface area contributed by atoms with Crippen LogP contribution >= 0.6 is 0 Å². The number of hydrogen-bond donors (Lipinski definition) is 0. The fourth-order valence-electron chi connectivity index (χ4n) is 1.02. The highest BCUT2D eigenvalue weighted by atomic mass is 15.2. The molecule has 8 heavy (non-hydrogen) atoms. The monoisotopic (exact) mass is 107 g/mol. The van der Waals surface area contributed by atoms with Gasteiger partial charge in [-0.2, -0.15) is 0 Å². The molecule has 0 N–H and O–H groups in total. The highest BCUT2D eigenvalue weighted by Crippen LogP contribution is 2.27. The van der Waals surface area contributed by atoms with Crippen molar-refractivity contribution in [1.82, 2.24) is 4.90 Å². The molecule has 0 aromatic rings. The Balaban J connectivity index is 2.00. The maximum atomic E-state index is 3.07. The van der Waals surface area contributed by atoms with Gasteiger partial charge in [-0.15, -0.1) is 5.73 Å². The van der Waals surface area contributed by atoms with Crippen LogP contribution in [0.1, 0.15) is 12.8 Å². The van der Waals surface area contributed by atoms with Gasteiger partial charge in [-0.05, 0) is 18.9 Å². The zero-order chi connectivity index (χ0) is 5.40. The van der Waals surface area contributed by atoms with Crippen molar-refractivity contribution in [3.8, 4) is 0 Å². The average molecular weight is 107 g/mol. The maximum Gasteiger partial charge on any atom is 0.0437 e. The van der Waals surface area contributed by atoms with Gasteiger partial charge in [-0.1, -0.05) is 0 Å². The minimum atomic E-state index is 0.876. The summed E-state index contributed by atoms with van der Waals surface area (Å²) in [6, 6.07) is 0.876. The minimum absolute atomic E-state index is 0.876. The summed E-state index contributed by atoms with van der Waals surface area (Å²) in [5.74, 6) is 0. The Bertz CT molecular complexity index is 150. The molecule has 1 saturated carbocycles. The summed E-state index contributed by atoms with van der Waals surface area (Å²) >= 11 is 0. The van der Waals surface area contributed by atoms with Gasteiger partial charge >= 0.3 is 0 Å². The van der Waals surface area contributed by atoms with E-state index < -0.39 is 0 Å². The molecule has 0 unspecified atom stereocenters. The molecule has 1 heteroatoms. The topological polar surface area (TPSA) is 3.24 Å². The molecule has 1 fully saturated rings. The van der Waals surface area contributed by atoms with Gasteiger partial charge in [0.25, 0.3) is 0 Å². The van der Waals surface area contributed by atoms with Crippen LogP contribution in [0.15, 0.2) is 18.0 Å². The van der Waals surface area contributed by atoms with Crippen molar-refractivity contribution in [2.45, 2.75) is 18.9 Å². The van der Waals surface area contributed by atoms with Crippen molar-refractivity contribution in [1.29, 1.82) is 0 Å². The summed E-state index contributed by atoms with van der Waals surface area (Å²) in [7, 11) is 0. The van der Waals surface area contributed by atoms with Crippen molar-refractivity contribution in [3.63, 3.8) is 0 Å². The van der Waals surface area contributed by atoms with E-state index in [1.165, 1.54) is 12.8 Å². The summed E-state index contributed by atoms with van der Waals surface area (Å²) in [6.45, 7) is 1.10. The van der Waals surface area contributed by atoms with E-state index in [-0.39, 0.29) is 0 Å². The highest BCUT2D eigenvalue weighted by Gasteiger charge is 2.26. The van der Waals surface area contributed by atoms with Crippen LogP contribution in [0.4, 0.5) is 0 Å². The van der Waals surface area contributed by atoms with Crippen LogP contribution in [0.5, 0.6) is 0 Å². The molecule has 0 aromatic heterocycles. The van der Waals surface area contributed by atoms with Gasteiger partial charge in [0, 0.05) is 18.8 Å². The molecule has 1 aliphatic heterocycles. The molecule has 0 aromatic carbocycles. The third-order valence-corrected chi connectivity index (χ3v) is 1.68. The fourth-order valence-corrected chi connectivity index (χ4v) is 1.02. The van der Waals surface area contributed by atoms with Crippen molar-refractivity contribution in [2.75, 3.05) is 6.54 Å². The molecule has 1 aliphatic carbocycles. The smallest absolute Gasteiger partial charge is 0.0437 e. The van der Waals surface area contributed by atoms with E-state index in [4.69, 9.17) is 0 Å². The Morgan fingerprint density at radius 1 is 1.50 bits per heavy atom. The molecule has 0 radical (unpaired) electrons. The third kappa shape index (κ3) is 0.560. The van der Waals surface area contributed by atoms with Crippen molar-refractivity contribution in [3.05, 3.63) is 18.0 Å². The van der Waals surface area contributed by atoms with E-state index in [1.807, 2.05) is 0 Å². The first kappa shape index (κ1) is 4.22. The van der Waals surface area contributed by atoms with E-state index in [2.05, 4.69) is 22.9 Å². The first-order valence-corrected chi connectivity index (χ1v) is 3.13. The van der Waals surface area contributed by atoms with Crippen LogP contribution in [-0.4, -0.2) is 17.5 Å². The van der Waals surface area contributed by atoms with Crippen LogP contribution in [0.25, 0.3) is 0 Å². The molecule has 1 nitrogen and oxygen atoms in total. The SMILES string of the molecule is C1=CCN(C2CC2)C=1. The van der Waals surface area contributed by atoms with Crippen molar-refractivity contribution in [2.24, 2.45) is 0 Å². The molecule has 0 saturated heterocycles. The second-order valence-corrected chi connectivity index (χ2v) is 2.43. The van der Waals surface area contributed by atoms with Gasteiger partial charge in [-0.25, -0.2) is 0 Å². The second-order valence-electron chi connectivity index (χ2n) is 2.43. The average Bonchev–Trinajstić information content (AvgIpc) is 2.49. The van der Waals surface area contributed by atoms with E-state index in [0.717, 1.165) is 12.6 Å². The lowest BCUT2D eigenvalue weighted by Gasteiger charge is -2.11. The zero-order valence-corrected chi connectivity index (χ0v) is 4.80. The van der Waals surface area contributed by atoms with Crippen LogP contribution in [0.2, 0.25) is 0 Å². The summed E-state index contributed by atoms with van der Waals surface area (Å²) in [5.41, 5.74) is 3.07. The Hall–Kier alpha value is -0.680. The number of nitrogens with zero attached hydrogens (tertiary/aromatic N) is 1. The maximum absolute atomic E-state index is 3.07. The molecule has 1 heterocycles. The first-order chi connectivity index (χ1) is 3.97. The van der Waals surface area contributed by atoms with Crippen molar-refractivity contribution >= 4 is 0 Å². The quantitative estimate of drug-likeness (QED) is 0.454. The second kappa shape index (κ2) is 1.40. The first-order valence-electron chi connectivity index (χ1n) is 3.13. The lowest BCUT2D eigenvalue weighted by Crippen LogP contribution is -2.16. The molecule has 2 rings (SSSR count). The Morgan fingerprint density at radius 3 is 2.88 bits per heavy atom. The summed E-state index contributed by atoms with van der Waals surface area (Å²) in [5, 5.41) is 0. The number of hydrogen-bond acceptors (Lipinski definition) is 1. The van der Waals surface area contributed by atoms with E-state index in [9.17, 15) is 0 Å². The molecular formula is C7H9N. The van der Waals surface area contributed by atoms with Crippen molar-refractivity contribution < 1.29 is 0 Å². The van der Waals surface area contributed by atoms with Crippen LogP contribution in [0.3, 0.4) is 0 Å². The summed E-state index contributed by atoms with van der Waals surface area (Å²) < 4.78 is 0. The van der Waals surface area contributed by atoms with Gasteiger partial charge in [0.2, 0.25) is 0 Å². The Labute approximate surface area is 49.3 Å². The molecule has 0 amide bonds. The predicted octanol–water partition coefficient (Wildman–Crippen LogP) is 1.13. The lowest BCUT2D eigenvalue weighted by molar-refractivity contribution is 0.416. The minimum Gasteiger partial charge on any atom is -0.364 e. The summed E-state index contributed by atoms with van der Waals surface area (Å²) in [4.78, 5) is 2.35. The number of rotatable bonds is 1. The normalized spacial score (nSPS) is 25.2. The third-order valence-electron chi connectivity index (χ3n) is 1.68. The van der Waals surface area contributed by atoms with E-state index in [1.54, 1.807) is 0 Å². The van der Waals surface area contributed by atoms with Gasteiger partial charge in [-0.3, -0.25) is 0 Å². The standard InChI is InChI=1S/C7H9N/c1-2-6-8(5-1)7-3-4-7/h1,6-7H,3-5H2. The molecule has 0 spiro atoms. The zero-order valence-electron chi connectivity index (χ0n) is 4.80. The molecule has 2 aliphatic rings. The van der Waals surface area contributed by atoms with E-state index >= 15 is 0 Å². The predicted molar refractivity (Wildman–Crippen MR) is 32.4 cm³/mol. The Morgan fingerprint density at radius 2 is 2.38 bits per heavy atom. The molecule has 0 bridgehead atoms. The van der Waals surface area contributed by atoms with Gasteiger partial charge < -0.3 is 4.90 Å². The van der Waals surface area contributed by atoms with Crippen LogP contribution in [0, 0.1) is 0 Å². The molecule has 0 atom stereocenters. The van der Waals surface area contributed by atoms with Gasteiger partial charge in [0.15, 0.2) is 0 Å². The highest BCUT2D eigenvalue weighted by molar-refractivity contribution is 5.02. The fraction of sp³-hybridized carbons (Fsp3) is 0.571.